The molecule has 0 amide bonds. The lowest BCUT2D eigenvalue weighted by atomic mass is 10.4. The Morgan fingerprint density at radius 2 is 2.46 bits per heavy atom. The summed E-state index contributed by atoms with van der Waals surface area (Å²) in [5, 5.41) is 3.26. The second-order valence-electron chi connectivity index (χ2n) is 2.76. The van der Waals surface area contributed by atoms with Crippen LogP contribution < -0.4 is 5.32 Å². The fraction of sp³-hybridized carbons (Fsp3) is 0.222. The Bertz CT molecular complexity index is 422. The van der Waals surface area contributed by atoms with Gasteiger partial charge in [-0.2, -0.15) is 0 Å². The van der Waals surface area contributed by atoms with Crippen LogP contribution in [0.3, 0.4) is 0 Å². The maximum absolute atomic E-state index is 4.20. The van der Waals surface area contributed by atoms with Gasteiger partial charge in [0.25, 0.3) is 0 Å². The van der Waals surface area contributed by atoms with E-state index in [1.54, 1.807) is 6.20 Å². The first-order valence-corrected chi connectivity index (χ1v) is 4.96. The van der Waals surface area contributed by atoms with Gasteiger partial charge in [-0.25, -0.2) is 4.98 Å². The lowest BCUT2D eigenvalue weighted by Gasteiger charge is -2.06. The van der Waals surface area contributed by atoms with Crippen molar-refractivity contribution >= 4 is 27.3 Å². The molecule has 0 saturated heterocycles. The third-order valence-corrected chi connectivity index (χ3v) is 2.48. The molecule has 0 atom stereocenters. The number of anilines is 1. The summed E-state index contributed by atoms with van der Waals surface area (Å²) in [5.41, 5.74) is 2.04. The van der Waals surface area contributed by atoms with E-state index in [1.807, 2.05) is 22.9 Å². The number of halogens is 1. The molecule has 0 bridgehead atoms. The Morgan fingerprint density at radius 3 is 3.23 bits per heavy atom. The van der Waals surface area contributed by atoms with Gasteiger partial charge in [0.05, 0.1) is 10.2 Å². The first-order valence-electron chi connectivity index (χ1n) is 4.17. The molecule has 0 unspecified atom stereocenters. The van der Waals surface area contributed by atoms with Crippen LogP contribution in [0.2, 0.25) is 0 Å². The highest BCUT2D eigenvalue weighted by atomic mass is 79.9. The summed E-state index contributed by atoms with van der Waals surface area (Å²) in [5.74, 6) is 0. The van der Waals surface area contributed by atoms with Crippen LogP contribution in [-0.2, 0) is 0 Å². The maximum Gasteiger partial charge on any atom is 0.138 e. The first kappa shape index (κ1) is 8.56. The van der Waals surface area contributed by atoms with Gasteiger partial charge in [0.2, 0.25) is 0 Å². The third-order valence-electron chi connectivity index (χ3n) is 1.85. The predicted octanol–water partition coefficient (Wildman–Crippen LogP) is 2.53. The number of imidazole rings is 1. The molecule has 68 valence electrons. The van der Waals surface area contributed by atoms with Gasteiger partial charge in [-0.1, -0.05) is 0 Å². The van der Waals surface area contributed by atoms with Gasteiger partial charge in [0.15, 0.2) is 0 Å². The van der Waals surface area contributed by atoms with Crippen molar-refractivity contribution in [2.24, 2.45) is 0 Å². The molecule has 3 nitrogen and oxygen atoms in total. The van der Waals surface area contributed by atoms with E-state index in [0.29, 0.717) is 0 Å². The second-order valence-corrected chi connectivity index (χ2v) is 3.61. The van der Waals surface area contributed by atoms with Crippen LogP contribution in [0.25, 0.3) is 5.65 Å². The van der Waals surface area contributed by atoms with Gasteiger partial charge in [-0.15, -0.1) is 0 Å². The summed E-state index contributed by atoms with van der Waals surface area (Å²) in [6, 6.07) is 2.02. The fourth-order valence-corrected chi connectivity index (χ4v) is 1.74. The molecule has 0 radical (unpaired) electrons. The molecule has 0 fully saturated rings. The minimum atomic E-state index is 0.912. The van der Waals surface area contributed by atoms with Crippen LogP contribution in [0.1, 0.15) is 6.92 Å². The second kappa shape index (κ2) is 3.38. The van der Waals surface area contributed by atoms with Crippen molar-refractivity contribution in [2.75, 3.05) is 11.9 Å². The van der Waals surface area contributed by atoms with E-state index in [1.165, 1.54) is 0 Å². The summed E-state index contributed by atoms with van der Waals surface area (Å²) in [4.78, 5) is 4.20. The summed E-state index contributed by atoms with van der Waals surface area (Å²) in [6.45, 7) is 2.98. The van der Waals surface area contributed by atoms with Gasteiger partial charge in [0, 0.05) is 31.2 Å². The molecule has 0 saturated carbocycles. The highest BCUT2D eigenvalue weighted by Crippen LogP contribution is 2.23. The molecule has 2 heterocycles. The number of hydrogen-bond donors (Lipinski definition) is 1. The van der Waals surface area contributed by atoms with Crippen molar-refractivity contribution in [2.45, 2.75) is 6.92 Å². The van der Waals surface area contributed by atoms with Crippen molar-refractivity contribution < 1.29 is 0 Å². The van der Waals surface area contributed by atoms with Gasteiger partial charge < -0.3 is 9.72 Å². The molecule has 4 heteroatoms. The number of rotatable bonds is 2. The Kier molecular flexibility index (Phi) is 2.22. The first-order chi connectivity index (χ1) is 6.31. The molecule has 0 aliphatic rings. The van der Waals surface area contributed by atoms with E-state index in [9.17, 15) is 0 Å². The molecule has 2 aromatic heterocycles. The standard InChI is InChI=1S/C9H10BrN3/c1-2-11-8-5-9-12-3-4-13(9)6-7(8)10/h3-6,11H,2H2,1H3. The van der Waals surface area contributed by atoms with E-state index in [0.717, 1.165) is 22.4 Å². The molecule has 2 rings (SSSR count). The topological polar surface area (TPSA) is 29.3 Å². The minimum absolute atomic E-state index is 0.912. The molecule has 1 N–H and O–H groups in total. The molecule has 0 aliphatic heterocycles. The number of aromatic nitrogens is 2. The Balaban J connectivity index is 2.56. The van der Waals surface area contributed by atoms with Crippen LogP contribution in [0, 0.1) is 0 Å². The van der Waals surface area contributed by atoms with E-state index >= 15 is 0 Å². The van der Waals surface area contributed by atoms with Crippen molar-refractivity contribution in [1.82, 2.24) is 9.38 Å². The monoisotopic (exact) mass is 239 g/mol. The van der Waals surface area contributed by atoms with Crippen molar-refractivity contribution in [3.05, 3.63) is 29.1 Å². The van der Waals surface area contributed by atoms with Crippen molar-refractivity contribution in [1.29, 1.82) is 0 Å². The smallest absolute Gasteiger partial charge is 0.138 e. The lowest BCUT2D eigenvalue weighted by Crippen LogP contribution is -1.98. The summed E-state index contributed by atoms with van der Waals surface area (Å²) < 4.78 is 3.03. The number of hydrogen-bond acceptors (Lipinski definition) is 2. The van der Waals surface area contributed by atoms with E-state index in [2.05, 4.69) is 33.2 Å². The number of fused-ring (bicyclic) bond motifs is 1. The summed E-state index contributed by atoms with van der Waals surface area (Å²) in [6.07, 6.45) is 5.72. The SMILES string of the molecule is CCNc1cc2nccn2cc1Br. The van der Waals surface area contributed by atoms with E-state index in [4.69, 9.17) is 0 Å². The predicted molar refractivity (Wildman–Crippen MR) is 57.1 cm³/mol. The maximum atomic E-state index is 4.20. The molecule has 13 heavy (non-hydrogen) atoms. The summed E-state index contributed by atoms with van der Waals surface area (Å²) in [7, 11) is 0. The van der Waals surface area contributed by atoms with Crippen LogP contribution in [0.5, 0.6) is 0 Å². The van der Waals surface area contributed by atoms with Gasteiger partial charge in [0.1, 0.15) is 5.65 Å². The van der Waals surface area contributed by atoms with Gasteiger partial charge in [-0.05, 0) is 22.9 Å². The summed E-state index contributed by atoms with van der Waals surface area (Å²) >= 11 is 3.49. The quantitative estimate of drug-likeness (QED) is 0.873. The van der Waals surface area contributed by atoms with Crippen LogP contribution >= 0.6 is 15.9 Å². The van der Waals surface area contributed by atoms with E-state index in [-0.39, 0.29) is 0 Å². The minimum Gasteiger partial charge on any atom is -0.384 e. The Morgan fingerprint density at radius 1 is 1.62 bits per heavy atom. The van der Waals surface area contributed by atoms with E-state index < -0.39 is 0 Å². The third kappa shape index (κ3) is 1.54. The average molecular weight is 240 g/mol. The van der Waals surface area contributed by atoms with Gasteiger partial charge in [-0.3, -0.25) is 0 Å². The Labute approximate surface area is 84.9 Å². The molecule has 0 aromatic carbocycles. The highest BCUT2D eigenvalue weighted by molar-refractivity contribution is 9.10. The molecule has 0 spiro atoms. The molecular weight excluding hydrogens is 230 g/mol. The highest BCUT2D eigenvalue weighted by Gasteiger charge is 2.01. The number of nitrogens with zero attached hydrogens (tertiary/aromatic N) is 2. The molecular formula is C9H10BrN3. The number of pyridine rings is 1. The van der Waals surface area contributed by atoms with Crippen LogP contribution in [-0.4, -0.2) is 15.9 Å². The average Bonchev–Trinajstić information content (AvgIpc) is 2.52. The zero-order valence-electron chi connectivity index (χ0n) is 7.29. The largest absolute Gasteiger partial charge is 0.384 e. The zero-order chi connectivity index (χ0) is 9.26. The molecule has 2 aromatic rings. The molecule has 0 aliphatic carbocycles. The van der Waals surface area contributed by atoms with Crippen molar-refractivity contribution in [3.63, 3.8) is 0 Å². The lowest BCUT2D eigenvalue weighted by molar-refractivity contribution is 1.15. The fourth-order valence-electron chi connectivity index (χ4n) is 1.26. The van der Waals surface area contributed by atoms with Crippen LogP contribution in [0.15, 0.2) is 29.1 Å². The number of nitrogens with one attached hydrogen (secondary N) is 1. The van der Waals surface area contributed by atoms with Gasteiger partial charge >= 0.3 is 0 Å². The van der Waals surface area contributed by atoms with Crippen molar-refractivity contribution in [3.8, 4) is 0 Å². The Hall–Kier alpha value is -1.03. The normalized spacial score (nSPS) is 10.6. The zero-order valence-corrected chi connectivity index (χ0v) is 8.87. The van der Waals surface area contributed by atoms with Crippen LogP contribution in [0.4, 0.5) is 5.69 Å².